The van der Waals surface area contributed by atoms with E-state index in [9.17, 15) is 4.39 Å². The predicted octanol–water partition coefficient (Wildman–Crippen LogP) is 3.88. The normalized spacial score (nSPS) is 14.9. The number of nitrogens with two attached hydrogens (primary N) is 1. The Morgan fingerprint density at radius 3 is 2.19 bits per heavy atom. The van der Waals surface area contributed by atoms with Gasteiger partial charge in [-0.15, -0.1) is 0 Å². The van der Waals surface area contributed by atoms with Crippen molar-refractivity contribution in [2.75, 3.05) is 0 Å². The van der Waals surface area contributed by atoms with Crippen LogP contribution in [-0.4, -0.2) is 0 Å². The van der Waals surface area contributed by atoms with Gasteiger partial charge in [-0.1, -0.05) is 32.4 Å². The number of halogens is 1. The zero-order valence-corrected chi connectivity index (χ0v) is 10.7. The molecule has 0 aromatic heterocycles. The first-order chi connectivity index (χ1) is 7.45. The Morgan fingerprint density at radius 1 is 1.25 bits per heavy atom. The number of rotatable bonds is 4. The Bertz CT molecular complexity index is 337. The average Bonchev–Trinajstić information content (AvgIpc) is 2.24. The molecule has 1 aromatic carbocycles. The molecule has 2 N–H and O–H groups in total. The van der Waals surface area contributed by atoms with Gasteiger partial charge in [-0.2, -0.15) is 0 Å². The largest absolute Gasteiger partial charge is 0.324 e. The molecule has 0 aliphatic carbocycles. The Balaban J connectivity index is 2.88. The van der Waals surface area contributed by atoms with Crippen LogP contribution in [0.15, 0.2) is 12.1 Å². The van der Waals surface area contributed by atoms with Crippen molar-refractivity contribution < 1.29 is 4.39 Å². The Labute approximate surface area is 97.9 Å². The van der Waals surface area contributed by atoms with E-state index in [4.69, 9.17) is 5.73 Å². The highest BCUT2D eigenvalue weighted by Gasteiger charge is 2.12. The average molecular weight is 223 g/mol. The highest BCUT2D eigenvalue weighted by atomic mass is 19.1. The van der Waals surface area contributed by atoms with E-state index in [1.54, 1.807) is 13.8 Å². The molecule has 90 valence electrons. The van der Waals surface area contributed by atoms with Gasteiger partial charge in [0.15, 0.2) is 0 Å². The molecular weight excluding hydrogens is 201 g/mol. The number of hydrogen-bond acceptors (Lipinski definition) is 1. The van der Waals surface area contributed by atoms with Crippen LogP contribution < -0.4 is 5.73 Å². The predicted molar refractivity (Wildman–Crippen MR) is 66.9 cm³/mol. The van der Waals surface area contributed by atoms with Crippen molar-refractivity contribution in [2.24, 2.45) is 11.7 Å². The van der Waals surface area contributed by atoms with E-state index in [0.717, 1.165) is 18.4 Å². The third-order valence-electron chi connectivity index (χ3n) is 3.24. The standard InChI is InChI=1S/C14H22FN/c1-5-9(2)6-13(16)12-7-10(3)14(15)11(4)8-12/h7-9,13H,5-6,16H2,1-4H3. The Morgan fingerprint density at radius 2 is 1.75 bits per heavy atom. The van der Waals surface area contributed by atoms with Crippen LogP contribution in [0.4, 0.5) is 4.39 Å². The summed E-state index contributed by atoms with van der Waals surface area (Å²) in [6.07, 6.45) is 2.09. The molecule has 0 aliphatic rings. The van der Waals surface area contributed by atoms with Gasteiger partial charge in [0.2, 0.25) is 0 Å². The third kappa shape index (κ3) is 3.05. The van der Waals surface area contributed by atoms with Crippen molar-refractivity contribution in [3.63, 3.8) is 0 Å². The fourth-order valence-electron chi connectivity index (χ4n) is 1.93. The lowest BCUT2D eigenvalue weighted by Gasteiger charge is -2.17. The van der Waals surface area contributed by atoms with E-state index in [0.29, 0.717) is 17.0 Å². The second-order valence-electron chi connectivity index (χ2n) is 4.82. The van der Waals surface area contributed by atoms with Gasteiger partial charge in [-0.3, -0.25) is 0 Å². The Hall–Kier alpha value is -0.890. The minimum Gasteiger partial charge on any atom is -0.324 e. The van der Waals surface area contributed by atoms with Gasteiger partial charge in [0.1, 0.15) is 5.82 Å². The molecule has 16 heavy (non-hydrogen) atoms. The lowest BCUT2D eigenvalue weighted by molar-refractivity contribution is 0.460. The van der Waals surface area contributed by atoms with Crippen LogP contribution in [0.25, 0.3) is 0 Å². The molecule has 0 bridgehead atoms. The molecule has 1 rings (SSSR count). The zero-order chi connectivity index (χ0) is 12.3. The van der Waals surface area contributed by atoms with Crippen LogP contribution in [0.3, 0.4) is 0 Å². The number of hydrogen-bond donors (Lipinski definition) is 1. The van der Waals surface area contributed by atoms with Crippen LogP contribution >= 0.6 is 0 Å². The molecule has 0 aliphatic heterocycles. The van der Waals surface area contributed by atoms with E-state index in [1.807, 2.05) is 12.1 Å². The second-order valence-corrected chi connectivity index (χ2v) is 4.82. The van der Waals surface area contributed by atoms with E-state index >= 15 is 0 Å². The highest BCUT2D eigenvalue weighted by molar-refractivity contribution is 5.32. The Kier molecular flexibility index (Phi) is 4.48. The van der Waals surface area contributed by atoms with Gasteiger partial charge in [0.25, 0.3) is 0 Å². The summed E-state index contributed by atoms with van der Waals surface area (Å²) < 4.78 is 13.5. The summed E-state index contributed by atoms with van der Waals surface area (Å²) in [6.45, 7) is 7.95. The number of benzene rings is 1. The van der Waals surface area contributed by atoms with Crippen molar-refractivity contribution >= 4 is 0 Å². The summed E-state index contributed by atoms with van der Waals surface area (Å²) in [7, 11) is 0. The summed E-state index contributed by atoms with van der Waals surface area (Å²) in [5.41, 5.74) is 8.57. The quantitative estimate of drug-likeness (QED) is 0.823. The van der Waals surface area contributed by atoms with Crippen LogP contribution in [-0.2, 0) is 0 Å². The third-order valence-corrected chi connectivity index (χ3v) is 3.24. The second kappa shape index (κ2) is 5.44. The molecule has 0 saturated carbocycles. The minimum atomic E-state index is -0.112. The molecule has 2 atom stereocenters. The van der Waals surface area contributed by atoms with Crippen LogP contribution in [0.2, 0.25) is 0 Å². The maximum atomic E-state index is 13.5. The maximum absolute atomic E-state index is 13.5. The molecule has 0 radical (unpaired) electrons. The molecule has 0 saturated heterocycles. The molecular formula is C14H22FN. The molecule has 0 heterocycles. The first-order valence-electron chi connectivity index (χ1n) is 5.97. The number of aryl methyl sites for hydroxylation is 2. The fourth-order valence-corrected chi connectivity index (χ4v) is 1.93. The molecule has 1 aromatic rings. The minimum absolute atomic E-state index is 0.0212. The summed E-state index contributed by atoms with van der Waals surface area (Å²) in [6, 6.07) is 3.76. The molecule has 2 unspecified atom stereocenters. The van der Waals surface area contributed by atoms with E-state index in [1.165, 1.54) is 0 Å². The topological polar surface area (TPSA) is 26.0 Å². The molecule has 1 nitrogen and oxygen atoms in total. The summed E-state index contributed by atoms with van der Waals surface area (Å²) in [5, 5.41) is 0. The van der Waals surface area contributed by atoms with Crippen molar-refractivity contribution in [2.45, 2.75) is 46.6 Å². The van der Waals surface area contributed by atoms with Crippen LogP contribution in [0.1, 0.15) is 49.4 Å². The summed E-state index contributed by atoms with van der Waals surface area (Å²) in [4.78, 5) is 0. The van der Waals surface area contributed by atoms with E-state index in [2.05, 4.69) is 13.8 Å². The highest BCUT2D eigenvalue weighted by Crippen LogP contribution is 2.24. The van der Waals surface area contributed by atoms with Crippen molar-refractivity contribution in [1.82, 2.24) is 0 Å². The smallest absolute Gasteiger partial charge is 0.129 e. The van der Waals surface area contributed by atoms with Gasteiger partial charge in [-0.05, 0) is 42.9 Å². The van der Waals surface area contributed by atoms with Gasteiger partial charge in [0.05, 0.1) is 0 Å². The van der Waals surface area contributed by atoms with E-state index in [-0.39, 0.29) is 11.9 Å². The summed E-state index contributed by atoms with van der Waals surface area (Å²) in [5.74, 6) is 0.500. The summed E-state index contributed by atoms with van der Waals surface area (Å²) >= 11 is 0. The monoisotopic (exact) mass is 223 g/mol. The lowest BCUT2D eigenvalue weighted by Crippen LogP contribution is -2.14. The van der Waals surface area contributed by atoms with Crippen LogP contribution in [0.5, 0.6) is 0 Å². The first kappa shape index (κ1) is 13.2. The molecule has 0 spiro atoms. The van der Waals surface area contributed by atoms with Crippen molar-refractivity contribution in [3.05, 3.63) is 34.6 Å². The van der Waals surface area contributed by atoms with Gasteiger partial charge >= 0.3 is 0 Å². The van der Waals surface area contributed by atoms with Crippen LogP contribution in [0, 0.1) is 25.6 Å². The lowest BCUT2D eigenvalue weighted by atomic mass is 9.93. The molecule has 0 amide bonds. The van der Waals surface area contributed by atoms with E-state index < -0.39 is 0 Å². The fraction of sp³-hybridized carbons (Fsp3) is 0.571. The SMILES string of the molecule is CCC(C)CC(N)c1cc(C)c(F)c(C)c1. The van der Waals surface area contributed by atoms with Gasteiger partial charge < -0.3 is 5.73 Å². The maximum Gasteiger partial charge on any atom is 0.129 e. The zero-order valence-electron chi connectivity index (χ0n) is 10.7. The van der Waals surface area contributed by atoms with Gasteiger partial charge in [-0.25, -0.2) is 4.39 Å². The van der Waals surface area contributed by atoms with Gasteiger partial charge in [0, 0.05) is 6.04 Å². The first-order valence-corrected chi connectivity index (χ1v) is 5.97. The molecule has 2 heteroatoms. The van der Waals surface area contributed by atoms with Crippen molar-refractivity contribution in [1.29, 1.82) is 0 Å². The van der Waals surface area contributed by atoms with Crippen molar-refractivity contribution in [3.8, 4) is 0 Å². The molecule has 0 fully saturated rings.